The van der Waals surface area contributed by atoms with Crippen LogP contribution in [0.3, 0.4) is 0 Å². The van der Waals surface area contributed by atoms with Crippen LogP contribution in [0, 0.1) is 17.5 Å². The van der Waals surface area contributed by atoms with Crippen molar-refractivity contribution in [3.05, 3.63) is 53.5 Å². The smallest absolute Gasteiger partial charge is 0.279 e. The highest BCUT2D eigenvalue weighted by atomic mass is 32.2. The van der Waals surface area contributed by atoms with Crippen molar-refractivity contribution in [2.75, 3.05) is 4.72 Å². The van der Waals surface area contributed by atoms with Gasteiger partial charge in [0.05, 0.1) is 5.69 Å². The molecule has 21 heavy (non-hydrogen) atoms. The van der Waals surface area contributed by atoms with Gasteiger partial charge in [-0.15, -0.1) is 0 Å². The monoisotopic (exact) mass is 317 g/mol. The predicted molar refractivity (Wildman–Crippen MR) is 69.3 cm³/mol. The van der Waals surface area contributed by atoms with E-state index in [9.17, 15) is 21.6 Å². The molecule has 0 unspecified atom stereocenters. The fourth-order valence-corrected chi connectivity index (χ4v) is 2.48. The van der Waals surface area contributed by atoms with Crippen LogP contribution < -0.4 is 10.5 Å². The third-order valence-electron chi connectivity index (χ3n) is 2.54. The number of benzene rings is 1. The molecule has 9 heteroatoms. The van der Waals surface area contributed by atoms with Crippen LogP contribution in [-0.2, 0) is 16.6 Å². The first kappa shape index (κ1) is 15.3. The molecule has 0 atom stereocenters. The van der Waals surface area contributed by atoms with E-state index in [1.54, 1.807) is 0 Å². The minimum atomic E-state index is -4.14. The van der Waals surface area contributed by atoms with E-state index in [1.807, 2.05) is 4.72 Å². The summed E-state index contributed by atoms with van der Waals surface area (Å²) in [5.41, 5.74) is 5.53. The van der Waals surface area contributed by atoms with Crippen LogP contribution in [0.2, 0.25) is 0 Å². The number of nitrogens with zero attached hydrogens (tertiary/aromatic N) is 1. The van der Waals surface area contributed by atoms with Crippen molar-refractivity contribution in [1.82, 2.24) is 4.98 Å². The van der Waals surface area contributed by atoms with Crippen molar-refractivity contribution in [2.24, 2.45) is 5.73 Å². The molecule has 0 radical (unpaired) electrons. The summed E-state index contributed by atoms with van der Waals surface area (Å²) in [4.78, 5) is 3.69. The zero-order valence-corrected chi connectivity index (χ0v) is 11.3. The molecule has 2 aromatic rings. The molecular weight excluding hydrogens is 307 g/mol. The number of anilines is 1. The Balaban J connectivity index is 2.32. The quantitative estimate of drug-likeness (QED) is 0.842. The Morgan fingerprint density at radius 3 is 2.24 bits per heavy atom. The number of halogens is 3. The Bertz CT molecular complexity index is 741. The van der Waals surface area contributed by atoms with Gasteiger partial charge in [-0.05, 0) is 11.6 Å². The lowest BCUT2D eigenvalue weighted by atomic mass is 10.3. The molecule has 5 nitrogen and oxygen atoms in total. The van der Waals surface area contributed by atoms with Crippen LogP contribution in [-0.4, -0.2) is 13.4 Å². The van der Waals surface area contributed by atoms with Crippen LogP contribution in [0.1, 0.15) is 5.56 Å². The van der Waals surface area contributed by atoms with Gasteiger partial charge in [-0.25, -0.2) is 18.2 Å². The van der Waals surface area contributed by atoms with E-state index in [4.69, 9.17) is 5.73 Å². The van der Waals surface area contributed by atoms with Gasteiger partial charge >= 0.3 is 0 Å². The first-order valence-corrected chi connectivity index (χ1v) is 7.14. The maximum absolute atomic E-state index is 13.0. The predicted octanol–water partition coefficient (Wildman–Crippen LogP) is 1.76. The van der Waals surface area contributed by atoms with E-state index in [-0.39, 0.29) is 11.6 Å². The zero-order chi connectivity index (χ0) is 15.6. The fraction of sp³-hybridized carbons (Fsp3) is 0.0833. The number of hydrogen-bond donors (Lipinski definition) is 2. The van der Waals surface area contributed by atoms with Gasteiger partial charge in [0.15, 0.2) is 22.5 Å². The number of aromatic nitrogens is 1. The lowest BCUT2D eigenvalue weighted by Gasteiger charge is -2.08. The Morgan fingerprint density at radius 2 is 1.76 bits per heavy atom. The van der Waals surface area contributed by atoms with Crippen molar-refractivity contribution in [3.63, 3.8) is 0 Å². The summed E-state index contributed by atoms with van der Waals surface area (Å²) in [5.74, 6) is -4.68. The Morgan fingerprint density at radius 1 is 1.14 bits per heavy atom. The maximum atomic E-state index is 13.0. The van der Waals surface area contributed by atoms with E-state index >= 15 is 0 Å². The van der Waals surface area contributed by atoms with Gasteiger partial charge in [0.25, 0.3) is 10.0 Å². The number of sulfonamides is 1. The van der Waals surface area contributed by atoms with Gasteiger partial charge in [-0.3, -0.25) is 4.72 Å². The molecule has 1 heterocycles. The molecule has 0 aliphatic rings. The highest BCUT2D eigenvalue weighted by Gasteiger charge is 2.18. The van der Waals surface area contributed by atoms with Crippen molar-refractivity contribution < 1.29 is 21.6 Å². The second-order valence-electron chi connectivity index (χ2n) is 4.07. The first-order valence-electron chi connectivity index (χ1n) is 5.66. The summed E-state index contributed by atoms with van der Waals surface area (Å²) in [5, 5.41) is -0.357. The van der Waals surface area contributed by atoms with Crippen LogP contribution >= 0.6 is 0 Å². The Labute approximate surface area is 118 Å². The van der Waals surface area contributed by atoms with Gasteiger partial charge < -0.3 is 5.73 Å². The highest BCUT2D eigenvalue weighted by Crippen LogP contribution is 2.20. The summed E-state index contributed by atoms with van der Waals surface area (Å²) in [6, 6.07) is 3.71. The molecule has 0 aliphatic carbocycles. The first-order chi connectivity index (χ1) is 9.83. The van der Waals surface area contributed by atoms with Gasteiger partial charge in [-0.1, -0.05) is 6.07 Å². The van der Waals surface area contributed by atoms with Crippen molar-refractivity contribution >= 4 is 15.7 Å². The topological polar surface area (TPSA) is 85.1 Å². The van der Waals surface area contributed by atoms with Crippen LogP contribution in [0.5, 0.6) is 0 Å². The van der Waals surface area contributed by atoms with Gasteiger partial charge in [0.2, 0.25) is 0 Å². The SMILES string of the molecule is NCc1ccc(S(=O)(=O)Nc2cc(F)c(F)c(F)c2)nc1. The number of nitrogens with two attached hydrogens (primary N) is 1. The molecule has 0 saturated heterocycles. The average Bonchev–Trinajstić information content (AvgIpc) is 2.44. The molecule has 2 rings (SSSR count). The van der Waals surface area contributed by atoms with Crippen molar-refractivity contribution in [2.45, 2.75) is 11.6 Å². The van der Waals surface area contributed by atoms with Gasteiger partial charge in [-0.2, -0.15) is 8.42 Å². The average molecular weight is 317 g/mol. The third-order valence-corrected chi connectivity index (χ3v) is 3.84. The van der Waals surface area contributed by atoms with Crippen molar-refractivity contribution in [3.8, 4) is 0 Å². The molecule has 0 spiro atoms. The molecule has 0 aliphatic heterocycles. The summed E-state index contributed by atoms with van der Waals surface area (Å²) < 4.78 is 64.7. The Kier molecular flexibility index (Phi) is 4.14. The highest BCUT2D eigenvalue weighted by molar-refractivity contribution is 7.92. The number of rotatable bonds is 4. The number of hydrogen-bond acceptors (Lipinski definition) is 4. The lowest BCUT2D eigenvalue weighted by Crippen LogP contribution is -2.15. The number of pyridine rings is 1. The van der Waals surface area contributed by atoms with E-state index < -0.39 is 33.2 Å². The molecule has 1 aromatic carbocycles. The Hall–Kier alpha value is -2.13. The minimum absolute atomic E-state index is 0.190. The van der Waals surface area contributed by atoms with Gasteiger partial charge in [0.1, 0.15) is 0 Å². The fourth-order valence-electron chi connectivity index (χ4n) is 1.51. The van der Waals surface area contributed by atoms with Crippen LogP contribution in [0.4, 0.5) is 18.9 Å². The molecule has 1 aromatic heterocycles. The van der Waals surface area contributed by atoms with Crippen molar-refractivity contribution in [1.29, 1.82) is 0 Å². The van der Waals surface area contributed by atoms with E-state index in [0.29, 0.717) is 17.7 Å². The molecular formula is C12H10F3N3O2S. The molecule has 0 fully saturated rings. The minimum Gasteiger partial charge on any atom is -0.326 e. The van der Waals surface area contributed by atoms with Crippen LogP contribution in [0.15, 0.2) is 35.5 Å². The molecule has 0 bridgehead atoms. The standard InChI is InChI=1S/C12H10F3N3O2S/c13-9-3-8(4-10(14)12(9)15)18-21(19,20)11-2-1-7(5-16)6-17-11/h1-4,6,18H,5,16H2. The van der Waals surface area contributed by atoms with Gasteiger partial charge in [0, 0.05) is 24.9 Å². The molecule has 0 saturated carbocycles. The summed E-state index contributed by atoms with van der Waals surface area (Å²) in [6.45, 7) is 0.190. The second-order valence-corrected chi connectivity index (χ2v) is 5.70. The maximum Gasteiger partial charge on any atom is 0.279 e. The van der Waals surface area contributed by atoms with E-state index in [0.717, 1.165) is 0 Å². The molecule has 0 amide bonds. The lowest BCUT2D eigenvalue weighted by molar-refractivity contribution is 0.448. The van der Waals surface area contributed by atoms with E-state index in [1.165, 1.54) is 18.3 Å². The third kappa shape index (κ3) is 3.31. The normalized spacial score (nSPS) is 11.4. The largest absolute Gasteiger partial charge is 0.326 e. The van der Waals surface area contributed by atoms with Crippen LogP contribution in [0.25, 0.3) is 0 Å². The second kappa shape index (κ2) is 5.70. The molecule has 3 N–H and O–H groups in total. The summed E-state index contributed by atoms with van der Waals surface area (Å²) in [7, 11) is -4.14. The number of nitrogens with one attached hydrogen (secondary N) is 1. The summed E-state index contributed by atoms with van der Waals surface area (Å²) in [6.07, 6.45) is 1.26. The zero-order valence-electron chi connectivity index (χ0n) is 10.5. The van der Waals surface area contributed by atoms with E-state index in [2.05, 4.69) is 4.98 Å². The summed E-state index contributed by atoms with van der Waals surface area (Å²) >= 11 is 0. The molecule has 112 valence electrons.